The first-order chi connectivity index (χ1) is 10.6. The topological polar surface area (TPSA) is 60.2 Å². The molecular weight excluding hydrogens is 302 g/mol. The molecule has 5 nitrogen and oxygen atoms in total. The maximum Gasteiger partial charge on any atom is 0.149 e. The quantitative estimate of drug-likeness (QED) is 0.774. The Labute approximate surface area is 133 Å². The SMILES string of the molecule is COc1ccc2oc(C(C)Nc3cncc(Cl)n3)c(C)c2c1. The van der Waals surface area contributed by atoms with Crippen LogP contribution in [0.3, 0.4) is 0 Å². The fraction of sp³-hybridized carbons (Fsp3) is 0.250. The molecule has 1 N–H and O–H groups in total. The van der Waals surface area contributed by atoms with Crippen LogP contribution in [0.2, 0.25) is 5.15 Å². The van der Waals surface area contributed by atoms with E-state index in [4.69, 9.17) is 20.8 Å². The van der Waals surface area contributed by atoms with E-state index in [9.17, 15) is 0 Å². The molecule has 0 aliphatic rings. The Hall–Kier alpha value is -2.27. The molecule has 0 aliphatic carbocycles. The fourth-order valence-electron chi connectivity index (χ4n) is 2.46. The maximum absolute atomic E-state index is 5.96. The Kier molecular flexibility index (Phi) is 3.90. The number of benzene rings is 1. The van der Waals surface area contributed by atoms with E-state index in [0.29, 0.717) is 11.0 Å². The van der Waals surface area contributed by atoms with Crippen molar-refractivity contribution >= 4 is 28.4 Å². The highest BCUT2D eigenvalue weighted by Gasteiger charge is 2.17. The van der Waals surface area contributed by atoms with Gasteiger partial charge in [-0.3, -0.25) is 4.98 Å². The van der Waals surface area contributed by atoms with E-state index < -0.39 is 0 Å². The number of furan rings is 1. The average molecular weight is 318 g/mol. The van der Waals surface area contributed by atoms with Crippen molar-refractivity contribution in [1.82, 2.24) is 9.97 Å². The van der Waals surface area contributed by atoms with Crippen LogP contribution in [-0.2, 0) is 0 Å². The number of aromatic nitrogens is 2. The molecule has 0 saturated carbocycles. The molecule has 0 aliphatic heterocycles. The van der Waals surface area contributed by atoms with Crippen LogP contribution in [-0.4, -0.2) is 17.1 Å². The number of nitrogens with zero attached hydrogens (tertiary/aromatic N) is 2. The number of aryl methyl sites for hydroxylation is 1. The molecule has 0 saturated heterocycles. The van der Waals surface area contributed by atoms with Gasteiger partial charge in [-0.2, -0.15) is 0 Å². The van der Waals surface area contributed by atoms with Gasteiger partial charge < -0.3 is 14.5 Å². The lowest BCUT2D eigenvalue weighted by atomic mass is 10.1. The third kappa shape index (κ3) is 2.72. The van der Waals surface area contributed by atoms with E-state index in [-0.39, 0.29) is 6.04 Å². The standard InChI is InChI=1S/C16H16ClN3O2/c1-9-12-6-11(21-3)4-5-13(12)22-16(9)10(2)19-15-8-18-7-14(17)20-15/h4-8,10H,1-3H3,(H,19,20). The van der Waals surface area contributed by atoms with E-state index in [1.165, 1.54) is 6.20 Å². The molecule has 0 spiro atoms. The van der Waals surface area contributed by atoms with Gasteiger partial charge in [-0.15, -0.1) is 0 Å². The van der Waals surface area contributed by atoms with Crippen molar-refractivity contribution in [3.05, 3.63) is 47.1 Å². The number of hydrogen-bond donors (Lipinski definition) is 1. The molecule has 0 amide bonds. The van der Waals surface area contributed by atoms with Crippen molar-refractivity contribution < 1.29 is 9.15 Å². The minimum atomic E-state index is -0.0637. The van der Waals surface area contributed by atoms with Gasteiger partial charge in [0, 0.05) is 10.9 Å². The van der Waals surface area contributed by atoms with Gasteiger partial charge in [0.1, 0.15) is 28.1 Å². The van der Waals surface area contributed by atoms with Crippen molar-refractivity contribution in [3.8, 4) is 5.75 Å². The summed E-state index contributed by atoms with van der Waals surface area (Å²) in [5, 5.41) is 4.64. The van der Waals surface area contributed by atoms with Crippen LogP contribution in [0.1, 0.15) is 24.3 Å². The Bertz CT molecular complexity index is 816. The zero-order valence-corrected chi connectivity index (χ0v) is 13.3. The molecule has 114 valence electrons. The summed E-state index contributed by atoms with van der Waals surface area (Å²) in [4.78, 5) is 8.19. The second kappa shape index (κ2) is 5.85. The Balaban J connectivity index is 1.93. The number of fused-ring (bicyclic) bond motifs is 1. The Morgan fingerprint density at radius 1 is 1.32 bits per heavy atom. The molecule has 0 radical (unpaired) electrons. The minimum absolute atomic E-state index is 0.0637. The number of nitrogens with one attached hydrogen (secondary N) is 1. The number of hydrogen-bond acceptors (Lipinski definition) is 5. The van der Waals surface area contributed by atoms with Crippen molar-refractivity contribution in [1.29, 1.82) is 0 Å². The summed E-state index contributed by atoms with van der Waals surface area (Å²) in [5.41, 5.74) is 1.91. The van der Waals surface area contributed by atoms with E-state index in [0.717, 1.165) is 28.0 Å². The van der Waals surface area contributed by atoms with Crippen LogP contribution < -0.4 is 10.1 Å². The van der Waals surface area contributed by atoms with Gasteiger partial charge in [-0.25, -0.2) is 4.98 Å². The molecule has 3 aromatic rings. The zero-order valence-electron chi connectivity index (χ0n) is 12.6. The van der Waals surface area contributed by atoms with E-state index >= 15 is 0 Å². The van der Waals surface area contributed by atoms with E-state index in [1.807, 2.05) is 32.0 Å². The predicted molar refractivity (Wildman–Crippen MR) is 86.6 cm³/mol. The molecule has 3 rings (SSSR count). The molecule has 6 heteroatoms. The normalized spacial score (nSPS) is 12.4. The van der Waals surface area contributed by atoms with Gasteiger partial charge in [0.2, 0.25) is 0 Å². The smallest absolute Gasteiger partial charge is 0.149 e. The fourth-order valence-corrected chi connectivity index (χ4v) is 2.61. The lowest BCUT2D eigenvalue weighted by molar-refractivity contribution is 0.415. The second-order valence-electron chi connectivity index (χ2n) is 5.05. The molecule has 1 unspecified atom stereocenters. The van der Waals surface area contributed by atoms with Crippen LogP contribution in [0.15, 0.2) is 35.0 Å². The summed E-state index contributed by atoms with van der Waals surface area (Å²) >= 11 is 5.85. The van der Waals surface area contributed by atoms with Gasteiger partial charge in [-0.05, 0) is 32.0 Å². The van der Waals surface area contributed by atoms with Crippen molar-refractivity contribution in [2.45, 2.75) is 19.9 Å². The number of ether oxygens (including phenoxy) is 1. The summed E-state index contributed by atoms with van der Waals surface area (Å²) < 4.78 is 11.2. The molecule has 2 aromatic heterocycles. The lowest BCUT2D eigenvalue weighted by Crippen LogP contribution is -2.08. The van der Waals surface area contributed by atoms with E-state index in [1.54, 1.807) is 13.3 Å². The number of rotatable bonds is 4. The summed E-state index contributed by atoms with van der Waals surface area (Å²) in [5.74, 6) is 2.27. The summed E-state index contributed by atoms with van der Waals surface area (Å²) in [6.45, 7) is 4.03. The van der Waals surface area contributed by atoms with Gasteiger partial charge in [0.05, 0.1) is 25.5 Å². The molecule has 22 heavy (non-hydrogen) atoms. The highest BCUT2D eigenvalue weighted by molar-refractivity contribution is 6.29. The number of anilines is 1. The zero-order chi connectivity index (χ0) is 15.7. The second-order valence-corrected chi connectivity index (χ2v) is 5.43. The summed E-state index contributed by atoms with van der Waals surface area (Å²) in [6, 6.07) is 5.71. The summed E-state index contributed by atoms with van der Waals surface area (Å²) in [7, 11) is 1.65. The van der Waals surface area contributed by atoms with Gasteiger partial charge in [-0.1, -0.05) is 11.6 Å². The molecule has 1 aromatic carbocycles. The highest BCUT2D eigenvalue weighted by atomic mass is 35.5. The van der Waals surface area contributed by atoms with Gasteiger partial charge in [0.25, 0.3) is 0 Å². The van der Waals surface area contributed by atoms with Crippen LogP contribution in [0, 0.1) is 6.92 Å². The number of halogens is 1. The van der Waals surface area contributed by atoms with Gasteiger partial charge in [0.15, 0.2) is 0 Å². The third-order valence-corrected chi connectivity index (χ3v) is 3.73. The molecule has 1 atom stereocenters. The Morgan fingerprint density at radius 3 is 2.86 bits per heavy atom. The van der Waals surface area contributed by atoms with Crippen molar-refractivity contribution in [2.75, 3.05) is 12.4 Å². The van der Waals surface area contributed by atoms with Gasteiger partial charge >= 0.3 is 0 Å². The van der Waals surface area contributed by atoms with Crippen molar-refractivity contribution in [3.63, 3.8) is 0 Å². The van der Waals surface area contributed by atoms with Crippen molar-refractivity contribution in [2.24, 2.45) is 0 Å². The van der Waals surface area contributed by atoms with Crippen LogP contribution in [0.4, 0.5) is 5.82 Å². The average Bonchev–Trinajstić information content (AvgIpc) is 2.84. The van der Waals surface area contributed by atoms with E-state index in [2.05, 4.69) is 15.3 Å². The molecule has 0 bridgehead atoms. The maximum atomic E-state index is 5.96. The lowest BCUT2D eigenvalue weighted by Gasteiger charge is -2.12. The van der Waals surface area contributed by atoms with Crippen LogP contribution in [0.25, 0.3) is 11.0 Å². The molecular formula is C16H16ClN3O2. The summed E-state index contributed by atoms with van der Waals surface area (Å²) in [6.07, 6.45) is 3.12. The molecule has 0 fully saturated rings. The monoisotopic (exact) mass is 317 g/mol. The Morgan fingerprint density at radius 2 is 2.14 bits per heavy atom. The first kappa shape index (κ1) is 14.7. The molecule has 2 heterocycles. The highest BCUT2D eigenvalue weighted by Crippen LogP contribution is 2.32. The van der Waals surface area contributed by atoms with Crippen LogP contribution >= 0.6 is 11.6 Å². The van der Waals surface area contributed by atoms with Crippen LogP contribution in [0.5, 0.6) is 5.75 Å². The number of methoxy groups -OCH3 is 1. The minimum Gasteiger partial charge on any atom is -0.497 e. The first-order valence-electron chi connectivity index (χ1n) is 6.89. The third-order valence-electron chi connectivity index (χ3n) is 3.54. The largest absolute Gasteiger partial charge is 0.497 e. The predicted octanol–water partition coefficient (Wildman–Crippen LogP) is 4.37. The first-order valence-corrected chi connectivity index (χ1v) is 7.27.